The number of thiophene rings is 1. The van der Waals surface area contributed by atoms with Gasteiger partial charge in [0.05, 0.1) is 0 Å². The van der Waals surface area contributed by atoms with Crippen LogP contribution in [0.15, 0.2) is 200 Å². The van der Waals surface area contributed by atoms with Crippen molar-refractivity contribution in [2.45, 2.75) is 0 Å². The first-order valence-electron chi connectivity index (χ1n) is 17.0. The Balaban J connectivity index is 1.14. The molecule has 2 heteroatoms. The van der Waals surface area contributed by atoms with Crippen LogP contribution in [0, 0.1) is 0 Å². The first kappa shape index (κ1) is 29.9. The molecule has 0 bridgehead atoms. The number of hydrogen-bond donors (Lipinski definition) is 0. The standard InChI is InChI=1S/C48H33NS/c1-4-12-34(13-5-1)36-20-26-40(27-21-36)49(41-28-22-37(23-29-41)35-14-6-2-7-15-35)42-30-24-39(25-31-42)45-33-48-46(43-18-10-11-19-47(43)50-48)32-44(45)38-16-8-3-9-17-38/h1-33H. The van der Waals surface area contributed by atoms with Gasteiger partial charge in [-0.25, -0.2) is 0 Å². The molecule has 0 amide bonds. The summed E-state index contributed by atoms with van der Waals surface area (Å²) >= 11 is 1.87. The molecular weight excluding hydrogens is 623 g/mol. The molecule has 1 heterocycles. The molecule has 0 radical (unpaired) electrons. The molecule has 0 unspecified atom stereocenters. The average molecular weight is 656 g/mol. The van der Waals surface area contributed by atoms with Crippen LogP contribution >= 0.6 is 11.3 Å². The van der Waals surface area contributed by atoms with Gasteiger partial charge in [-0.15, -0.1) is 11.3 Å². The second-order valence-electron chi connectivity index (χ2n) is 12.6. The molecule has 1 aromatic heterocycles. The zero-order chi connectivity index (χ0) is 33.3. The third kappa shape index (κ3) is 5.66. The van der Waals surface area contributed by atoms with Crippen molar-refractivity contribution >= 4 is 48.6 Å². The minimum absolute atomic E-state index is 1.11. The number of fused-ring (bicyclic) bond motifs is 3. The molecule has 9 rings (SSSR count). The van der Waals surface area contributed by atoms with Crippen molar-refractivity contribution in [2.75, 3.05) is 4.90 Å². The molecular formula is C48H33NS. The topological polar surface area (TPSA) is 3.24 Å². The summed E-state index contributed by atoms with van der Waals surface area (Å²) in [5.74, 6) is 0. The van der Waals surface area contributed by atoms with Crippen LogP contribution in [0.5, 0.6) is 0 Å². The maximum Gasteiger partial charge on any atom is 0.0462 e. The Morgan fingerprint density at radius 3 is 1.18 bits per heavy atom. The number of benzene rings is 8. The van der Waals surface area contributed by atoms with Gasteiger partial charge in [0.1, 0.15) is 0 Å². The van der Waals surface area contributed by atoms with E-state index >= 15 is 0 Å². The molecule has 0 aliphatic heterocycles. The summed E-state index contributed by atoms with van der Waals surface area (Å²) in [4.78, 5) is 2.35. The molecule has 0 spiro atoms. The predicted molar refractivity (Wildman–Crippen MR) is 216 cm³/mol. The Bertz CT molecular complexity index is 2450. The van der Waals surface area contributed by atoms with Crippen molar-refractivity contribution in [2.24, 2.45) is 0 Å². The molecule has 0 aliphatic rings. The summed E-state index contributed by atoms with van der Waals surface area (Å²) < 4.78 is 2.63. The van der Waals surface area contributed by atoms with Crippen LogP contribution in [0.25, 0.3) is 64.7 Å². The Labute approximate surface area is 297 Å². The van der Waals surface area contributed by atoms with E-state index in [-0.39, 0.29) is 0 Å². The zero-order valence-corrected chi connectivity index (χ0v) is 28.2. The van der Waals surface area contributed by atoms with Crippen LogP contribution in [0.4, 0.5) is 17.1 Å². The van der Waals surface area contributed by atoms with Gasteiger partial charge in [-0.1, -0.05) is 146 Å². The average Bonchev–Trinajstić information content (AvgIpc) is 3.57. The lowest BCUT2D eigenvalue weighted by Crippen LogP contribution is -2.09. The van der Waals surface area contributed by atoms with E-state index in [1.165, 1.54) is 64.7 Å². The Morgan fingerprint density at radius 2 is 0.660 bits per heavy atom. The van der Waals surface area contributed by atoms with Gasteiger partial charge in [0.2, 0.25) is 0 Å². The quantitative estimate of drug-likeness (QED) is 0.165. The highest BCUT2D eigenvalue weighted by Crippen LogP contribution is 2.43. The van der Waals surface area contributed by atoms with Crippen LogP contribution in [0.3, 0.4) is 0 Å². The highest BCUT2D eigenvalue weighted by Gasteiger charge is 2.16. The zero-order valence-electron chi connectivity index (χ0n) is 27.4. The Hall–Kier alpha value is -6.22. The van der Waals surface area contributed by atoms with Crippen molar-refractivity contribution in [3.8, 4) is 44.5 Å². The number of hydrogen-bond acceptors (Lipinski definition) is 2. The largest absolute Gasteiger partial charge is 0.311 e. The Kier molecular flexibility index (Phi) is 7.77. The van der Waals surface area contributed by atoms with Crippen molar-refractivity contribution in [1.29, 1.82) is 0 Å². The van der Waals surface area contributed by atoms with Gasteiger partial charge in [-0.05, 0) is 99.1 Å². The van der Waals surface area contributed by atoms with Gasteiger partial charge in [0.15, 0.2) is 0 Å². The van der Waals surface area contributed by atoms with Crippen LogP contribution in [0.1, 0.15) is 0 Å². The monoisotopic (exact) mass is 655 g/mol. The molecule has 0 saturated heterocycles. The van der Waals surface area contributed by atoms with E-state index in [4.69, 9.17) is 0 Å². The van der Waals surface area contributed by atoms with Gasteiger partial charge in [0.25, 0.3) is 0 Å². The smallest absolute Gasteiger partial charge is 0.0462 e. The predicted octanol–water partition coefficient (Wildman–Crippen LogP) is 14.2. The molecule has 0 saturated carbocycles. The summed E-state index contributed by atoms with van der Waals surface area (Å²) in [6.45, 7) is 0. The second-order valence-corrected chi connectivity index (χ2v) is 13.7. The van der Waals surface area contributed by atoms with Crippen molar-refractivity contribution in [3.63, 3.8) is 0 Å². The number of anilines is 3. The normalized spacial score (nSPS) is 11.2. The maximum atomic E-state index is 2.39. The lowest BCUT2D eigenvalue weighted by atomic mass is 9.92. The van der Waals surface area contributed by atoms with E-state index < -0.39 is 0 Å². The Morgan fingerprint density at radius 1 is 0.280 bits per heavy atom. The van der Waals surface area contributed by atoms with Gasteiger partial charge < -0.3 is 4.90 Å². The highest BCUT2D eigenvalue weighted by molar-refractivity contribution is 7.25. The molecule has 0 atom stereocenters. The highest BCUT2D eigenvalue weighted by atomic mass is 32.1. The van der Waals surface area contributed by atoms with Crippen LogP contribution in [-0.2, 0) is 0 Å². The van der Waals surface area contributed by atoms with E-state index in [2.05, 4.69) is 205 Å². The lowest BCUT2D eigenvalue weighted by molar-refractivity contribution is 1.28. The molecule has 0 aliphatic carbocycles. The molecule has 236 valence electrons. The molecule has 8 aromatic carbocycles. The summed E-state index contributed by atoms with van der Waals surface area (Å²) in [7, 11) is 0. The molecule has 0 N–H and O–H groups in total. The summed E-state index contributed by atoms with van der Waals surface area (Å²) in [6, 6.07) is 72.3. The first-order valence-corrected chi connectivity index (χ1v) is 17.8. The fourth-order valence-corrected chi connectivity index (χ4v) is 8.10. The van der Waals surface area contributed by atoms with Crippen LogP contribution in [-0.4, -0.2) is 0 Å². The second kappa shape index (κ2) is 13.0. The van der Waals surface area contributed by atoms with Gasteiger partial charge >= 0.3 is 0 Å². The van der Waals surface area contributed by atoms with E-state index in [9.17, 15) is 0 Å². The van der Waals surface area contributed by atoms with Crippen molar-refractivity contribution < 1.29 is 0 Å². The SMILES string of the molecule is c1ccc(-c2ccc(N(c3ccc(-c4ccccc4)cc3)c3ccc(-c4cc5sc6ccccc6c5cc4-c4ccccc4)cc3)cc2)cc1. The summed E-state index contributed by atoms with van der Waals surface area (Å²) in [5, 5.41) is 2.63. The summed E-state index contributed by atoms with van der Waals surface area (Å²) in [6.07, 6.45) is 0. The molecule has 1 nitrogen and oxygen atoms in total. The van der Waals surface area contributed by atoms with Crippen molar-refractivity contribution in [1.82, 2.24) is 0 Å². The van der Waals surface area contributed by atoms with Gasteiger partial charge in [0, 0.05) is 37.2 Å². The van der Waals surface area contributed by atoms with Crippen molar-refractivity contribution in [3.05, 3.63) is 200 Å². The first-order chi connectivity index (χ1) is 24.8. The minimum Gasteiger partial charge on any atom is -0.311 e. The van der Waals surface area contributed by atoms with E-state index in [1.807, 2.05) is 11.3 Å². The minimum atomic E-state index is 1.11. The van der Waals surface area contributed by atoms with E-state index in [1.54, 1.807) is 0 Å². The van der Waals surface area contributed by atoms with E-state index in [0.29, 0.717) is 0 Å². The van der Waals surface area contributed by atoms with Gasteiger partial charge in [-0.2, -0.15) is 0 Å². The van der Waals surface area contributed by atoms with Crippen LogP contribution in [0.2, 0.25) is 0 Å². The number of nitrogens with zero attached hydrogens (tertiary/aromatic N) is 1. The molecule has 9 aromatic rings. The fraction of sp³-hybridized carbons (Fsp3) is 0. The molecule has 0 fully saturated rings. The van der Waals surface area contributed by atoms with Crippen LogP contribution < -0.4 is 4.90 Å². The fourth-order valence-electron chi connectivity index (χ4n) is 6.97. The van der Waals surface area contributed by atoms with Gasteiger partial charge in [-0.3, -0.25) is 0 Å². The third-order valence-electron chi connectivity index (χ3n) is 9.50. The third-order valence-corrected chi connectivity index (χ3v) is 10.6. The lowest BCUT2D eigenvalue weighted by Gasteiger charge is -2.26. The molecule has 50 heavy (non-hydrogen) atoms. The summed E-state index contributed by atoms with van der Waals surface area (Å²) in [5.41, 5.74) is 13.1. The van der Waals surface area contributed by atoms with E-state index in [0.717, 1.165) is 17.1 Å². The maximum absolute atomic E-state index is 2.39. The number of rotatable bonds is 7.